The number of imide groups is 1. The number of amides is 2. The zero-order valence-electron chi connectivity index (χ0n) is 19.4. The monoisotopic (exact) mass is 542 g/mol. The minimum Gasteiger partial charge on any atom is -0.374 e. The molecule has 1 atom stereocenters. The van der Waals surface area contributed by atoms with Crippen LogP contribution in [0.3, 0.4) is 0 Å². The van der Waals surface area contributed by atoms with Crippen molar-refractivity contribution in [1.29, 1.82) is 0 Å². The maximum absolute atomic E-state index is 14.3. The summed E-state index contributed by atoms with van der Waals surface area (Å²) in [5.41, 5.74) is -0.0248. The Morgan fingerprint density at radius 2 is 1.54 bits per heavy atom. The van der Waals surface area contributed by atoms with Gasteiger partial charge in [-0.05, 0) is 42.5 Å². The van der Waals surface area contributed by atoms with Crippen molar-refractivity contribution in [3.8, 4) is 0 Å². The molecule has 1 unspecified atom stereocenters. The van der Waals surface area contributed by atoms with E-state index in [9.17, 15) is 32.0 Å². The van der Waals surface area contributed by atoms with Crippen LogP contribution < -0.4 is 5.32 Å². The quantitative estimate of drug-likeness (QED) is 0.325. The van der Waals surface area contributed by atoms with Gasteiger partial charge in [0.2, 0.25) is 0 Å². The summed E-state index contributed by atoms with van der Waals surface area (Å²) in [6, 6.07) is 14.0. The first-order valence-electron chi connectivity index (χ1n) is 11.0. The van der Waals surface area contributed by atoms with Gasteiger partial charge in [0.1, 0.15) is 21.7 Å². The van der Waals surface area contributed by atoms with E-state index in [-0.39, 0.29) is 33.0 Å². The van der Waals surface area contributed by atoms with Gasteiger partial charge < -0.3 is 5.32 Å². The van der Waals surface area contributed by atoms with Crippen molar-refractivity contribution >= 4 is 50.5 Å². The average Bonchev–Trinajstić information content (AvgIpc) is 3.08. The van der Waals surface area contributed by atoms with E-state index in [4.69, 9.17) is 11.6 Å². The molecule has 1 N–H and O–H groups in total. The number of fused-ring (bicyclic) bond motifs is 1. The van der Waals surface area contributed by atoms with Crippen LogP contribution in [0.15, 0.2) is 66.7 Å². The smallest absolute Gasteiger partial charge is 0.261 e. The number of ketones is 2. The molecular formula is C26H20ClFN2O6S. The Labute approximate surface area is 217 Å². The van der Waals surface area contributed by atoms with Crippen LogP contribution >= 0.6 is 11.6 Å². The minimum atomic E-state index is -3.75. The van der Waals surface area contributed by atoms with Gasteiger partial charge in [-0.25, -0.2) is 12.8 Å². The van der Waals surface area contributed by atoms with Gasteiger partial charge in [-0.3, -0.25) is 24.1 Å². The average molecular weight is 543 g/mol. The van der Waals surface area contributed by atoms with Crippen LogP contribution in [0.5, 0.6) is 0 Å². The maximum Gasteiger partial charge on any atom is 0.261 e. The summed E-state index contributed by atoms with van der Waals surface area (Å²) in [7, 11) is -3.75. The first kappa shape index (κ1) is 26.2. The summed E-state index contributed by atoms with van der Waals surface area (Å²) in [5.74, 6) is -4.32. The first-order valence-corrected chi connectivity index (χ1v) is 13.4. The largest absolute Gasteiger partial charge is 0.374 e. The van der Waals surface area contributed by atoms with Gasteiger partial charge in [-0.15, -0.1) is 0 Å². The Morgan fingerprint density at radius 1 is 0.946 bits per heavy atom. The minimum absolute atomic E-state index is 0.0296. The Kier molecular flexibility index (Phi) is 7.24. The van der Waals surface area contributed by atoms with E-state index < -0.39 is 57.4 Å². The van der Waals surface area contributed by atoms with Crippen molar-refractivity contribution in [2.75, 3.05) is 23.9 Å². The lowest BCUT2D eigenvalue weighted by atomic mass is 10.0. The molecule has 0 bridgehead atoms. The first-order chi connectivity index (χ1) is 17.5. The van der Waals surface area contributed by atoms with Crippen LogP contribution in [0.1, 0.15) is 36.6 Å². The molecule has 190 valence electrons. The topological polar surface area (TPSA) is 118 Å². The Bertz CT molecular complexity index is 1520. The van der Waals surface area contributed by atoms with Crippen molar-refractivity contribution in [3.05, 3.63) is 99.8 Å². The van der Waals surface area contributed by atoms with Crippen LogP contribution in [0.4, 0.5) is 10.1 Å². The van der Waals surface area contributed by atoms with Crippen molar-refractivity contribution in [3.63, 3.8) is 0 Å². The lowest BCUT2D eigenvalue weighted by molar-refractivity contribution is -0.119. The summed E-state index contributed by atoms with van der Waals surface area (Å²) >= 11 is 6.07. The molecule has 1 heterocycles. The molecule has 1 aliphatic rings. The molecule has 8 nitrogen and oxygen atoms in total. The van der Waals surface area contributed by atoms with Crippen LogP contribution in [-0.4, -0.2) is 61.3 Å². The molecule has 3 aromatic carbocycles. The normalized spacial score (nSPS) is 13.9. The van der Waals surface area contributed by atoms with Crippen LogP contribution in [0.25, 0.3) is 0 Å². The van der Waals surface area contributed by atoms with Crippen LogP contribution in [0.2, 0.25) is 5.02 Å². The number of benzene rings is 3. The molecular weight excluding hydrogens is 523 g/mol. The summed E-state index contributed by atoms with van der Waals surface area (Å²) in [6.07, 6.45) is 0.921. The fourth-order valence-electron chi connectivity index (χ4n) is 3.97. The predicted octanol–water partition coefficient (Wildman–Crippen LogP) is 3.40. The lowest BCUT2D eigenvalue weighted by Gasteiger charge is -2.22. The lowest BCUT2D eigenvalue weighted by Crippen LogP contribution is -2.44. The molecule has 1 aliphatic heterocycles. The van der Waals surface area contributed by atoms with Gasteiger partial charge in [0.15, 0.2) is 11.6 Å². The fourth-order valence-corrected chi connectivity index (χ4v) is 5.02. The molecule has 0 saturated heterocycles. The number of Topliss-reactive ketones (excluding diaryl/α,β-unsaturated/α-hetero) is 1. The highest BCUT2D eigenvalue weighted by molar-refractivity contribution is 7.90. The van der Waals surface area contributed by atoms with E-state index in [2.05, 4.69) is 5.32 Å². The van der Waals surface area contributed by atoms with Gasteiger partial charge in [0.05, 0.1) is 29.0 Å². The van der Waals surface area contributed by atoms with Gasteiger partial charge in [-0.1, -0.05) is 35.9 Å². The number of sulfone groups is 1. The van der Waals surface area contributed by atoms with Crippen molar-refractivity contribution in [1.82, 2.24) is 4.90 Å². The molecule has 0 saturated carbocycles. The highest BCUT2D eigenvalue weighted by atomic mass is 35.5. The van der Waals surface area contributed by atoms with E-state index in [1.165, 1.54) is 48.5 Å². The van der Waals surface area contributed by atoms with Gasteiger partial charge >= 0.3 is 0 Å². The molecule has 2 amide bonds. The molecule has 0 spiro atoms. The molecule has 0 aromatic heterocycles. The molecule has 37 heavy (non-hydrogen) atoms. The highest BCUT2D eigenvalue weighted by Gasteiger charge is 2.38. The van der Waals surface area contributed by atoms with Gasteiger partial charge in [0, 0.05) is 22.5 Å². The Balaban J connectivity index is 1.65. The molecule has 0 radical (unpaired) electrons. The number of hydrogen-bond acceptors (Lipinski definition) is 7. The van der Waals surface area contributed by atoms with E-state index in [0.29, 0.717) is 0 Å². The standard InChI is InChI=1S/C26H20ClFN2O6S/c1-37(35,36)14-22(23(31)13-30-25(33)16-6-2-3-7-17(16)26(30)34)29-21-11-10-15(27)12-19(21)24(32)18-8-4-5-9-20(18)28/h2-12,22,29H,13-14H2,1H3. The highest BCUT2D eigenvalue weighted by Crippen LogP contribution is 2.27. The fraction of sp³-hybridized carbons (Fsp3) is 0.154. The molecule has 11 heteroatoms. The van der Waals surface area contributed by atoms with Crippen molar-refractivity contribution in [2.24, 2.45) is 0 Å². The van der Waals surface area contributed by atoms with Crippen molar-refractivity contribution < 1.29 is 32.0 Å². The number of hydrogen-bond donors (Lipinski definition) is 1. The second-order valence-corrected chi connectivity index (χ2v) is 11.1. The number of rotatable bonds is 9. The zero-order valence-corrected chi connectivity index (χ0v) is 21.0. The van der Waals surface area contributed by atoms with E-state index >= 15 is 0 Å². The number of anilines is 1. The summed E-state index contributed by atoms with van der Waals surface area (Å²) in [5, 5.41) is 2.90. The van der Waals surface area contributed by atoms with Crippen molar-refractivity contribution in [2.45, 2.75) is 6.04 Å². The molecule has 3 aromatic rings. The van der Waals surface area contributed by atoms with Crippen LogP contribution in [0, 0.1) is 5.82 Å². The third kappa shape index (κ3) is 5.60. The molecule has 0 aliphatic carbocycles. The van der Waals surface area contributed by atoms with Gasteiger partial charge in [0.25, 0.3) is 11.8 Å². The van der Waals surface area contributed by atoms with E-state index in [0.717, 1.165) is 17.2 Å². The van der Waals surface area contributed by atoms with Crippen LogP contribution in [-0.2, 0) is 14.6 Å². The number of halogens is 2. The summed E-state index contributed by atoms with van der Waals surface area (Å²) in [6.45, 7) is -0.691. The summed E-state index contributed by atoms with van der Waals surface area (Å²) < 4.78 is 38.6. The molecule has 4 rings (SSSR count). The number of nitrogens with one attached hydrogen (secondary N) is 1. The second kappa shape index (κ2) is 10.2. The third-order valence-corrected chi connectivity index (χ3v) is 6.90. The SMILES string of the molecule is CS(=O)(=O)CC(Nc1ccc(Cl)cc1C(=O)c1ccccc1F)C(=O)CN1C(=O)c2ccccc2C1=O. The zero-order chi connectivity index (χ0) is 26.9. The Hall–Kier alpha value is -3.89. The Morgan fingerprint density at radius 3 is 2.14 bits per heavy atom. The maximum atomic E-state index is 14.3. The number of carbonyl (C=O) groups excluding carboxylic acids is 4. The second-order valence-electron chi connectivity index (χ2n) is 8.50. The van der Waals surface area contributed by atoms with Gasteiger partial charge in [-0.2, -0.15) is 0 Å². The molecule has 0 fully saturated rings. The number of carbonyl (C=O) groups is 4. The van der Waals surface area contributed by atoms with E-state index in [1.807, 2.05) is 0 Å². The predicted molar refractivity (Wildman–Crippen MR) is 135 cm³/mol. The third-order valence-electron chi connectivity index (χ3n) is 5.72. The van der Waals surface area contributed by atoms with E-state index in [1.54, 1.807) is 12.1 Å². The summed E-state index contributed by atoms with van der Waals surface area (Å²) in [4.78, 5) is 52.5. The number of nitrogens with zero attached hydrogens (tertiary/aromatic N) is 1.